The lowest BCUT2D eigenvalue weighted by Gasteiger charge is -2.32. The SMILES string of the molecule is CC(C)(C)OOC(OOC(C)(C)C)C(C)(C)C(=O)O. The van der Waals surface area contributed by atoms with Crippen molar-refractivity contribution in [2.24, 2.45) is 5.41 Å². The van der Waals surface area contributed by atoms with Gasteiger partial charge in [-0.2, -0.15) is 9.78 Å². The fraction of sp³-hybridized carbons (Fsp3) is 0.923. The van der Waals surface area contributed by atoms with Gasteiger partial charge in [0, 0.05) is 0 Å². The summed E-state index contributed by atoms with van der Waals surface area (Å²) in [5.74, 6) is -1.08. The predicted molar refractivity (Wildman–Crippen MR) is 69.1 cm³/mol. The predicted octanol–water partition coefficient (Wildman–Crippen LogP) is 2.92. The number of carboxylic acid groups (broad SMARTS) is 1. The van der Waals surface area contributed by atoms with Gasteiger partial charge in [0.15, 0.2) is 0 Å². The molecule has 0 spiro atoms. The van der Waals surface area contributed by atoms with Crippen molar-refractivity contribution in [2.45, 2.75) is 72.9 Å². The monoisotopic (exact) mass is 278 g/mol. The van der Waals surface area contributed by atoms with Gasteiger partial charge in [-0.15, -0.1) is 0 Å². The van der Waals surface area contributed by atoms with E-state index >= 15 is 0 Å². The number of hydrogen-bond acceptors (Lipinski definition) is 5. The highest BCUT2D eigenvalue weighted by Crippen LogP contribution is 2.28. The van der Waals surface area contributed by atoms with Crippen molar-refractivity contribution >= 4 is 5.97 Å². The van der Waals surface area contributed by atoms with Crippen molar-refractivity contribution < 1.29 is 29.5 Å². The highest BCUT2D eigenvalue weighted by molar-refractivity contribution is 5.74. The zero-order chi connectivity index (χ0) is 15.5. The molecule has 6 nitrogen and oxygen atoms in total. The molecule has 114 valence electrons. The fourth-order valence-electron chi connectivity index (χ4n) is 0.733. The summed E-state index contributed by atoms with van der Waals surface area (Å²) in [7, 11) is 0. The third-order valence-corrected chi connectivity index (χ3v) is 1.91. The third-order valence-electron chi connectivity index (χ3n) is 1.91. The molecule has 0 saturated carbocycles. The smallest absolute Gasteiger partial charge is 0.314 e. The summed E-state index contributed by atoms with van der Waals surface area (Å²) in [6, 6.07) is 0. The maximum absolute atomic E-state index is 11.2. The first kappa shape index (κ1) is 18.3. The van der Waals surface area contributed by atoms with Crippen molar-refractivity contribution in [1.29, 1.82) is 0 Å². The highest BCUT2D eigenvalue weighted by Gasteiger charge is 2.42. The van der Waals surface area contributed by atoms with Crippen LogP contribution >= 0.6 is 0 Å². The molecule has 0 amide bonds. The molecular formula is C13H26O6. The van der Waals surface area contributed by atoms with E-state index in [2.05, 4.69) is 0 Å². The van der Waals surface area contributed by atoms with Crippen LogP contribution in [0.3, 0.4) is 0 Å². The summed E-state index contributed by atoms with van der Waals surface area (Å²) < 4.78 is 0. The molecule has 0 aliphatic heterocycles. The highest BCUT2D eigenvalue weighted by atomic mass is 17.3. The number of carboxylic acids is 1. The van der Waals surface area contributed by atoms with Crippen LogP contribution in [0.25, 0.3) is 0 Å². The van der Waals surface area contributed by atoms with Crippen LogP contribution in [-0.4, -0.2) is 28.6 Å². The van der Waals surface area contributed by atoms with Crippen molar-refractivity contribution in [2.75, 3.05) is 0 Å². The summed E-state index contributed by atoms with van der Waals surface area (Å²) in [4.78, 5) is 31.7. The van der Waals surface area contributed by atoms with E-state index < -0.39 is 28.9 Å². The lowest BCUT2D eigenvalue weighted by atomic mass is 9.93. The van der Waals surface area contributed by atoms with Crippen LogP contribution in [0, 0.1) is 5.41 Å². The second-order valence-electron chi connectivity index (χ2n) is 6.94. The van der Waals surface area contributed by atoms with Crippen LogP contribution in [0.5, 0.6) is 0 Å². The van der Waals surface area contributed by atoms with E-state index in [0.717, 1.165) is 0 Å². The van der Waals surface area contributed by atoms with E-state index in [0.29, 0.717) is 0 Å². The van der Waals surface area contributed by atoms with Gasteiger partial charge >= 0.3 is 5.97 Å². The molecule has 0 rings (SSSR count). The van der Waals surface area contributed by atoms with Crippen LogP contribution in [0.4, 0.5) is 0 Å². The van der Waals surface area contributed by atoms with Crippen LogP contribution in [0.1, 0.15) is 55.4 Å². The Morgan fingerprint density at radius 1 is 0.842 bits per heavy atom. The molecule has 0 aliphatic carbocycles. The minimum absolute atomic E-state index is 0.585. The molecule has 0 aromatic carbocycles. The van der Waals surface area contributed by atoms with Gasteiger partial charge in [-0.3, -0.25) is 4.79 Å². The molecule has 0 bridgehead atoms. The van der Waals surface area contributed by atoms with Crippen LogP contribution in [0.15, 0.2) is 0 Å². The molecule has 0 fully saturated rings. The normalized spacial score (nSPS) is 13.9. The molecule has 19 heavy (non-hydrogen) atoms. The number of carbonyl (C=O) groups is 1. The van der Waals surface area contributed by atoms with Crippen molar-refractivity contribution in [3.8, 4) is 0 Å². The fourth-order valence-corrected chi connectivity index (χ4v) is 0.733. The van der Waals surface area contributed by atoms with Gasteiger partial charge in [-0.1, -0.05) is 0 Å². The maximum atomic E-state index is 11.2. The Balaban J connectivity index is 4.79. The quantitative estimate of drug-likeness (QED) is 0.457. The minimum atomic E-state index is -1.32. The van der Waals surface area contributed by atoms with E-state index in [9.17, 15) is 9.90 Å². The molecular weight excluding hydrogens is 252 g/mol. The molecule has 1 N–H and O–H groups in total. The van der Waals surface area contributed by atoms with Crippen molar-refractivity contribution in [3.05, 3.63) is 0 Å². The van der Waals surface area contributed by atoms with Gasteiger partial charge in [0.25, 0.3) is 0 Å². The summed E-state index contributed by atoms with van der Waals surface area (Å²) >= 11 is 0. The second-order valence-corrected chi connectivity index (χ2v) is 6.94. The average Bonchev–Trinajstić information content (AvgIpc) is 2.13. The number of aliphatic carboxylic acids is 1. The van der Waals surface area contributed by atoms with E-state index in [4.69, 9.17) is 19.6 Å². The van der Waals surface area contributed by atoms with Crippen LogP contribution in [-0.2, 0) is 24.3 Å². The van der Waals surface area contributed by atoms with E-state index in [-0.39, 0.29) is 0 Å². The van der Waals surface area contributed by atoms with Crippen molar-refractivity contribution in [1.82, 2.24) is 0 Å². The largest absolute Gasteiger partial charge is 0.481 e. The van der Waals surface area contributed by atoms with E-state index in [1.165, 1.54) is 13.8 Å². The summed E-state index contributed by atoms with van der Waals surface area (Å²) in [5, 5.41) is 9.20. The summed E-state index contributed by atoms with van der Waals surface area (Å²) in [6.07, 6.45) is -1.19. The Morgan fingerprint density at radius 2 is 1.16 bits per heavy atom. The number of hydrogen-bond donors (Lipinski definition) is 1. The van der Waals surface area contributed by atoms with Crippen LogP contribution < -0.4 is 0 Å². The minimum Gasteiger partial charge on any atom is -0.481 e. The lowest BCUT2D eigenvalue weighted by Crippen LogP contribution is -2.43. The van der Waals surface area contributed by atoms with Crippen molar-refractivity contribution in [3.63, 3.8) is 0 Å². The average molecular weight is 278 g/mol. The van der Waals surface area contributed by atoms with Gasteiger partial charge < -0.3 is 5.11 Å². The Bertz CT molecular complexity index is 279. The van der Waals surface area contributed by atoms with Gasteiger partial charge in [0.05, 0.1) is 11.2 Å². The molecule has 0 aromatic rings. The Labute approximate surface area is 114 Å². The summed E-state index contributed by atoms with van der Waals surface area (Å²) in [6.45, 7) is 13.6. The maximum Gasteiger partial charge on any atom is 0.314 e. The first-order chi connectivity index (χ1) is 8.26. The standard InChI is InChI=1S/C13H26O6/c1-11(2,3)18-16-10(13(7,8)9(14)15)17-19-12(4,5)6/h10H,1-8H3,(H,14,15). The van der Waals surface area contributed by atoms with Gasteiger partial charge in [0.2, 0.25) is 6.29 Å². The lowest BCUT2D eigenvalue weighted by molar-refractivity contribution is -0.511. The molecule has 0 radical (unpaired) electrons. The summed E-state index contributed by atoms with van der Waals surface area (Å²) in [5.41, 5.74) is -2.49. The molecule has 0 aliphatic rings. The van der Waals surface area contributed by atoms with Gasteiger partial charge in [-0.05, 0) is 55.4 Å². The first-order valence-corrected chi connectivity index (χ1v) is 6.18. The third kappa shape index (κ3) is 7.47. The Morgan fingerprint density at radius 3 is 1.37 bits per heavy atom. The van der Waals surface area contributed by atoms with E-state index in [1.807, 2.05) is 0 Å². The van der Waals surface area contributed by atoms with Crippen LogP contribution in [0.2, 0.25) is 0 Å². The first-order valence-electron chi connectivity index (χ1n) is 6.18. The zero-order valence-electron chi connectivity index (χ0n) is 13.1. The Hall–Kier alpha value is -0.690. The molecule has 6 heteroatoms. The van der Waals surface area contributed by atoms with E-state index in [1.54, 1.807) is 41.5 Å². The molecule has 0 atom stereocenters. The molecule has 0 saturated heterocycles. The topological polar surface area (TPSA) is 74.2 Å². The van der Waals surface area contributed by atoms with Gasteiger partial charge in [0.1, 0.15) is 5.41 Å². The Kier molecular flexibility index (Phi) is 5.95. The molecule has 0 unspecified atom stereocenters. The molecule has 0 heterocycles. The second kappa shape index (κ2) is 6.17. The molecule has 0 aromatic heterocycles. The zero-order valence-corrected chi connectivity index (χ0v) is 13.1. The number of rotatable bonds is 6. The van der Waals surface area contributed by atoms with Gasteiger partial charge in [-0.25, -0.2) is 9.78 Å².